The fourth-order valence-corrected chi connectivity index (χ4v) is 5.02. The minimum Gasteiger partial charge on any atom is -0.299 e. The van der Waals surface area contributed by atoms with Crippen LogP contribution in [-0.4, -0.2) is 37.6 Å². The molecule has 0 radical (unpaired) electrons. The van der Waals surface area contributed by atoms with Crippen molar-refractivity contribution in [1.29, 1.82) is 0 Å². The summed E-state index contributed by atoms with van der Waals surface area (Å²) in [6.07, 6.45) is 10.1. The summed E-state index contributed by atoms with van der Waals surface area (Å²) in [6, 6.07) is 14.2. The van der Waals surface area contributed by atoms with E-state index < -0.39 is 4.92 Å². The van der Waals surface area contributed by atoms with Crippen LogP contribution in [0.15, 0.2) is 64.9 Å². The number of thioether (sulfide) groups is 1. The van der Waals surface area contributed by atoms with Gasteiger partial charge < -0.3 is 0 Å². The van der Waals surface area contributed by atoms with E-state index in [1.54, 1.807) is 24.3 Å². The number of allylic oxidation sites excluding steroid dienone is 1. The number of halogens is 1. The Bertz CT molecular complexity index is 1270. The molecule has 1 fully saturated rings. The first kappa shape index (κ1) is 25.6. The van der Waals surface area contributed by atoms with Crippen LogP contribution < -0.4 is 5.43 Å². The van der Waals surface area contributed by atoms with Gasteiger partial charge in [0.1, 0.15) is 0 Å². The van der Waals surface area contributed by atoms with Crippen LogP contribution in [0.2, 0.25) is 5.02 Å². The van der Waals surface area contributed by atoms with E-state index in [-0.39, 0.29) is 23.4 Å². The van der Waals surface area contributed by atoms with Crippen molar-refractivity contribution in [2.75, 3.05) is 5.75 Å². The molecule has 36 heavy (non-hydrogen) atoms. The number of para-hydroxylation sites is 1. The predicted octanol–water partition coefficient (Wildman–Crippen LogP) is 5.92. The Morgan fingerprint density at radius 3 is 2.67 bits per heavy atom. The van der Waals surface area contributed by atoms with Crippen molar-refractivity contribution in [3.63, 3.8) is 0 Å². The Morgan fingerprint density at radius 2 is 1.92 bits per heavy atom. The molecule has 0 atom stereocenters. The van der Waals surface area contributed by atoms with Crippen LogP contribution in [0.25, 0.3) is 17.5 Å². The third-order valence-electron chi connectivity index (χ3n) is 5.80. The third kappa shape index (κ3) is 6.58. The molecule has 11 heteroatoms. The van der Waals surface area contributed by atoms with Crippen molar-refractivity contribution in [1.82, 2.24) is 20.2 Å². The Balaban J connectivity index is 1.39. The van der Waals surface area contributed by atoms with Crippen LogP contribution in [0.4, 0.5) is 5.69 Å². The molecule has 1 aliphatic carbocycles. The molecule has 1 aromatic heterocycles. The van der Waals surface area contributed by atoms with Crippen LogP contribution in [0.1, 0.15) is 43.7 Å². The first-order chi connectivity index (χ1) is 17.5. The SMILES string of the molecule is O=C(CSc1nnc(-c2ccc(Cl)cc2)n1C1CCCCC1)N/N=C\C=C\c1ccccc1[N+](=O)[O-]. The molecule has 0 aliphatic heterocycles. The van der Waals surface area contributed by atoms with Gasteiger partial charge in [-0.2, -0.15) is 5.10 Å². The molecule has 1 amide bonds. The number of carbonyl (C=O) groups excluding carboxylic acids is 1. The van der Waals surface area contributed by atoms with Gasteiger partial charge in [-0.05, 0) is 55.3 Å². The van der Waals surface area contributed by atoms with Gasteiger partial charge in [-0.25, -0.2) is 5.43 Å². The summed E-state index contributed by atoms with van der Waals surface area (Å²) in [5, 5.41) is 25.1. The molecule has 186 valence electrons. The minimum absolute atomic E-state index is 0.00244. The molecule has 0 unspecified atom stereocenters. The molecule has 4 rings (SSSR count). The average molecular weight is 525 g/mol. The van der Waals surface area contributed by atoms with E-state index in [2.05, 4.69) is 25.3 Å². The molecular weight excluding hydrogens is 500 g/mol. The van der Waals surface area contributed by atoms with E-state index in [0.717, 1.165) is 37.1 Å². The maximum atomic E-state index is 12.4. The number of rotatable bonds is 9. The predicted molar refractivity (Wildman–Crippen MR) is 142 cm³/mol. The monoisotopic (exact) mass is 524 g/mol. The highest BCUT2D eigenvalue weighted by molar-refractivity contribution is 7.99. The van der Waals surface area contributed by atoms with Gasteiger partial charge >= 0.3 is 0 Å². The Hall–Kier alpha value is -3.50. The summed E-state index contributed by atoms with van der Waals surface area (Å²) in [6.45, 7) is 0. The van der Waals surface area contributed by atoms with Gasteiger partial charge in [0.15, 0.2) is 11.0 Å². The zero-order chi connectivity index (χ0) is 25.3. The minimum atomic E-state index is -0.444. The number of carbonyl (C=O) groups is 1. The Labute approximate surface area is 217 Å². The molecular formula is C25H25ClN6O3S. The maximum absolute atomic E-state index is 12.4. The van der Waals surface area contributed by atoms with Crippen LogP contribution in [0.5, 0.6) is 0 Å². The third-order valence-corrected chi connectivity index (χ3v) is 6.99. The normalized spacial score (nSPS) is 14.5. The second-order valence-corrected chi connectivity index (χ2v) is 9.63. The lowest BCUT2D eigenvalue weighted by atomic mass is 9.95. The second-order valence-electron chi connectivity index (χ2n) is 8.25. The fraction of sp³-hybridized carbons (Fsp3) is 0.280. The van der Waals surface area contributed by atoms with E-state index in [4.69, 9.17) is 11.6 Å². The first-order valence-electron chi connectivity index (χ1n) is 11.6. The van der Waals surface area contributed by atoms with Crippen molar-refractivity contribution in [2.24, 2.45) is 5.10 Å². The van der Waals surface area contributed by atoms with E-state index in [1.165, 1.54) is 36.5 Å². The standard InChI is InChI=1S/C25H25ClN6O3S/c26-20-14-12-19(13-15-20)24-29-30-25(31(24)21-9-2-1-3-10-21)36-17-23(33)28-27-16-6-8-18-7-4-5-11-22(18)32(34)35/h4-8,11-16,21H,1-3,9-10,17H2,(H,28,33)/b8-6+,27-16-. The largest absolute Gasteiger partial charge is 0.299 e. The van der Waals surface area contributed by atoms with Crippen LogP contribution >= 0.6 is 23.4 Å². The van der Waals surface area contributed by atoms with Gasteiger partial charge in [-0.3, -0.25) is 19.5 Å². The van der Waals surface area contributed by atoms with Crippen LogP contribution in [0, 0.1) is 10.1 Å². The van der Waals surface area contributed by atoms with Gasteiger partial charge in [0, 0.05) is 28.9 Å². The summed E-state index contributed by atoms with van der Waals surface area (Å²) in [4.78, 5) is 23.0. The number of nitrogens with zero attached hydrogens (tertiary/aromatic N) is 5. The maximum Gasteiger partial charge on any atom is 0.276 e. The Kier molecular flexibility index (Phi) is 8.85. The fourth-order valence-electron chi connectivity index (χ4n) is 4.10. The summed E-state index contributed by atoms with van der Waals surface area (Å²) in [5.41, 5.74) is 3.86. The number of aromatic nitrogens is 3. The highest BCUT2D eigenvalue weighted by atomic mass is 35.5. The average Bonchev–Trinajstić information content (AvgIpc) is 3.32. The number of nitro benzene ring substituents is 1. The summed E-state index contributed by atoms with van der Waals surface area (Å²) < 4.78 is 2.15. The molecule has 0 bridgehead atoms. The van der Waals surface area contributed by atoms with Crippen LogP contribution in [0.3, 0.4) is 0 Å². The number of nitrogens with one attached hydrogen (secondary N) is 1. The smallest absolute Gasteiger partial charge is 0.276 e. The number of nitro groups is 1. The molecule has 1 N–H and O–H groups in total. The van der Waals surface area contributed by atoms with Crippen LogP contribution in [-0.2, 0) is 4.79 Å². The molecule has 0 spiro atoms. The molecule has 0 saturated heterocycles. The lowest BCUT2D eigenvalue weighted by Crippen LogP contribution is -2.20. The van der Waals surface area contributed by atoms with Crippen molar-refractivity contribution in [3.8, 4) is 11.4 Å². The Morgan fingerprint density at radius 1 is 1.17 bits per heavy atom. The molecule has 3 aromatic rings. The zero-order valence-corrected chi connectivity index (χ0v) is 21.0. The quantitative estimate of drug-likeness (QED) is 0.161. The van der Waals surface area contributed by atoms with Gasteiger partial charge in [0.05, 0.1) is 16.2 Å². The highest BCUT2D eigenvalue weighted by Crippen LogP contribution is 2.35. The number of benzene rings is 2. The van der Waals surface area contributed by atoms with Gasteiger partial charge in [-0.1, -0.05) is 54.8 Å². The summed E-state index contributed by atoms with van der Waals surface area (Å²) in [5.74, 6) is 0.609. The van der Waals surface area contributed by atoms with Crippen molar-refractivity contribution in [2.45, 2.75) is 43.3 Å². The van der Waals surface area contributed by atoms with Crippen molar-refractivity contribution >= 4 is 47.2 Å². The van der Waals surface area contributed by atoms with Gasteiger partial charge in [0.25, 0.3) is 11.6 Å². The number of hydrazone groups is 1. The molecule has 1 saturated carbocycles. The second kappa shape index (κ2) is 12.5. The summed E-state index contributed by atoms with van der Waals surface area (Å²) in [7, 11) is 0. The van der Waals surface area contributed by atoms with Crippen molar-refractivity contribution < 1.29 is 9.72 Å². The topological polar surface area (TPSA) is 115 Å². The lowest BCUT2D eigenvalue weighted by Gasteiger charge is -2.25. The molecule has 9 nitrogen and oxygen atoms in total. The van der Waals surface area contributed by atoms with E-state index in [9.17, 15) is 14.9 Å². The summed E-state index contributed by atoms with van der Waals surface area (Å²) >= 11 is 7.37. The lowest BCUT2D eigenvalue weighted by molar-refractivity contribution is -0.385. The molecule has 2 aromatic carbocycles. The zero-order valence-electron chi connectivity index (χ0n) is 19.4. The van der Waals surface area contributed by atoms with E-state index >= 15 is 0 Å². The van der Waals surface area contributed by atoms with Gasteiger partial charge in [-0.15, -0.1) is 10.2 Å². The molecule has 1 aliphatic rings. The number of amides is 1. The first-order valence-corrected chi connectivity index (χ1v) is 12.9. The van der Waals surface area contributed by atoms with E-state index in [1.807, 2.05) is 24.3 Å². The molecule has 1 heterocycles. The van der Waals surface area contributed by atoms with E-state index in [0.29, 0.717) is 15.7 Å². The van der Waals surface area contributed by atoms with Crippen molar-refractivity contribution in [3.05, 3.63) is 75.3 Å². The highest BCUT2D eigenvalue weighted by Gasteiger charge is 2.24. The number of hydrogen-bond acceptors (Lipinski definition) is 7. The van der Waals surface area contributed by atoms with Gasteiger partial charge in [0.2, 0.25) is 0 Å². The number of hydrogen-bond donors (Lipinski definition) is 1.